The molecule has 0 radical (unpaired) electrons. The van der Waals surface area contributed by atoms with Crippen LogP contribution in [0, 0.1) is 6.92 Å². The first-order chi connectivity index (χ1) is 10.1. The first-order valence-corrected chi connectivity index (χ1v) is 6.81. The summed E-state index contributed by atoms with van der Waals surface area (Å²) in [5.74, 6) is 0. The predicted molar refractivity (Wildman–Crippen MR) is 79.4 cm³/mol. The molecule has 0 atom stereocenters. The second-order valence-electron chi connectivity index (χ2n) is 5.14. The highest BCUT2D eigenvalue weighted by Gasteiger charge is 2.15. The van der Waals surface area contributed by atoms with Crippen LogP contribution in [0.5, 0.6) is 0 Å². The lowest BCUT2D eigenvalue weighted by atomic mass is 10.2. The Balaban J connectivity index is 2.33. The number of hydrogen-bond donors (Lipinski definition) is 0. The molecule has 4 rings (SSSR count). The molecule has 7 nitrogen and oxygen atoms in total. The lowest BCUT2D eigenvalue weighted by Gasteiger charge is -2.08. The maximum Gasteiger partial charge on any atom is 0.283 e. The Morgan fingerprint density at radius 3 is 2.81 bits per heavy atom. The van der Waals surface area contributed by atoms with Gasteiger partial charge in [-0.2, -0.15) is 14.7 Å². The summed E-state index contributed by atoms with van der Waals surface area (Å²) in [4.78, 5) is 17.0. The molecule has 0 spiro atoms. The van der Waals surface area contributed by atoms with Gasteiger partial charge in [-0.25, -0.2) is 9.67 Å². The van der Waals surface area contributed by atoms with E-state index < -0.39 is 0 Å². The molecule has 0 aliphatic heterocycles. The van der Waals surface area contributed by atoms with Gasteiger partial charge in [0.15, 0.2) is 5.65 Å². The van der Waals surface area contributed by atoms with Crippen LogP contribution in [0.25, 0.3) is 27.6 Å². The lowest BCUT2D eigenvalue weighted by molar-refractivity contribution is 0.677. The molecule has 0 amide bonds. The quantitative estimate of drug-likeness (QED) is 0.527. The third-order valence-corrected chi connectivity index (χ3v) is 3.85. The predicted octanol–water partition coefficient (Wildman–Crippen LogP) is 1.26. The van der Waals surface area contributed by atoms with E-state index in [0.29, 0.717) is 5.39 Å². The van der Waals surface area contributed by atoms with Crippen molar-refractivity contribution in [1.29, 1.82) is 0 Å². The maximum absolute atomic E-state index is 12.6. The van der Waals surface area contributed by atoms with Crippen LogP contribution in [0.3, 0.4) is 0 Å². The number of nitrogens with zero attached hydrogens (tertiary/aromatic N) is 6. The summed E-state index contributed by atoms with van der Waals surface area (Å²) in [6, 6.07) is 1.90. The Labute approximate surface area is 119 Å². The Morgan fingerprint density at radius 1 is 1.24 bits per heavy atom. The van der Waals surface area contributed by atoms with Crippen molar-refractivity contribution in [3.63, 3.8) is 0 Å². The normalized spacial score (nSPS) is 12.0. The molecular weight excluding hydrogens is 268 g/mol. The SMILES string of the molecule is CCn1ncc2c1ncc1c(=O)n3nc(C)cc3n(C)c12. The number of fused-ring (bicyclic) bond motifs is 4. The van der Waals surface area contributed by atoms with Crippen molar-refractivity contribution in [3.05, 3.63) is 34.5 Å². The molecule has 0 fully saturated rings. The van der Waals surface area contributed by atoms with E-state index in [1.54, 1.807) is 12.4 Å². The second-order valence-corrected chi connectivity index (χ2v) is 5.14. The molecule has 4 heterocycles. The van der Waals surface area contributed by atoms with Gasteiger partial charge in [0, 0.05) is 25.9 Å². The molecule has 21 heavy (non-hydrogen) atoms. The highest BCUT2D eigenvalue weighted by atomic mass is 16.1. The molecular formula is C14H14N6O. The Bertz CT molecular complexity index is 1070. The number of hydrogen-bond acceptors (Lipinski definition) is 4. The van der Waals surface area contributed by atoms with E-state index >= 15 is 0 Å². The Morgan fingerprint density at radius 2 is 2.05 bits per heavy atom. The fraction of sp³-hybridized carbons (Fsp3) is 0.286. The molecule has 4 aromatic heterocycles. The molecule has 0 aromatic carbocycles. The Hall–Kier alpha value is -2.70. The minimum absolute atomic E-state index is 0.148. The second kappa shape index (κ2) is 3.91. The van der Waals surface area contributed by atoms with Crippen molar-refractivity contribution in [2.45, 2.75) is 20.4 Å². The van der Waals surface area contributed by atoms with Crippen LogP contribution in [0.15, 0.2) is 23.3 Å². The molecule has 0 unspecified atom stereocenters. The zero-order chi connectivity index (χ0) is 14.7. The van der Waals surface area contributed by atoms with Gasteiger partial charge in [0.2, 0.25) is 0 Å². The van der Waals surface area contributed by atoms with Crippen LogP contribution >= 0.6 is 0 Å². The Kier molecular flexibility index (Phi) is 2.25. The van der Waals surface area contributed by atoms with Gasteiger partial charge in [0.1, 0.15) is 5.65 Å². The molecule has 0 saturated carbocycles. The van der Waals surface area contributed by atoms with Gasteiger partial charge < -0.3 is 4.57 Å². The topological polar surface area (TPSA) is 70.0 Å². The van der Waals surface area contributed by atoms with Crippen molar-refractivity contribution < 1.29 is 0 Å². The number of aromatic nitrogens is 6. The average Bonchev–Trinajstić information content (AvgIpc) is 3.07. The third-order valence-electron chi connectivity index (χ3n) is 3.85. The molecule has 106 valence electrons. The summed E-state index contributed by atoms with van der Waals surface area (Å²) >= 11 is 0. The molecule has 0 bridgehead atoms. The standard InChI is InChI=1S/C14H14N6O/c1-4-19-13-9(7-16-19)12-10(6-15-13)14(21)20-11(18(12)3)5-8(2)17-20/h5-7H,4H2,1-3H3. The number of aryl methyl sites for hydroxylation is 3. The monoisotopic (exact) mass is 282 g/mol. The maximum atomic E-state index is 12.6. The lowest BCUT2D eigenvalue weighted by Crippen LogP contribution is -2.19. The van der Waals surface area contributed by atoms with Crippen molar-refractivity contribution >= 4 is 27.6 Å². The van der Waals surface area contributed by atoms with Gasteiger partial charge in [-0.1, -0.05) is 0 Å². The van der Waals surface area contributed by atoms with E-state index in [-0.39, 0.29) is 5.56 Å². The van der Waals surface area contributed by atoms with Crippen LogP contribution in [-0.4, -0.2) is 28.9 Å². The van der Waals surface area contributed by atoms with Gasteiger partial charge >= 0.3 is 0 Å². The molecule has 4 aromatic rings. The summed E-state index contributed by atoms with van der Waals surface area (Å²) in [6.07, 6.45) is 3.39. The van der Waals surface area contributed by atoms with E-state index in [0.717, 1.165) is 34.4 Å². The summed E-state index contributed by atoms with van der Waals surface area (Å²) < 4.78 is 5.23. The van der Waals surface area contributed by atoms with Crippen molar-refractivity contribution in [1.82, 2.24) is 28.9 Å². The van der Waals surface area contributed by atoms with Crippen LogP contribution in [0.2, 0.25) is 0 Å². The minimum atomic E-state index is -0.148. The largest absolute Gasteiger partial charge is 0.328 e. The summed E-state index contributed by atoms with van der Waals surface area (Å²) in [5.41, 5.74) is 3.07. The molecule has 0 N–H and O–H groups in total. The van der Waals surface area contributed by atoms with Crippen molar-refractivity contribution in [2.75, 3.05) is 0 Å². The zero-order valence-corrected chi connectivity index (χ0v) is 12.0. The van der Waals surface area contributed by atoms with E-state index in [9.17, 15) is 4.79 Å². The third kappa shape index (κ3) is 1.43. The van der Waals surface area contributed by atoms with Crippen LogP contribution < -0.4 is 5.56 Å². The van der Waals surface area contributed by atoms with Crippen LogP contribution in [0.4, 0.5) is 0 Å². The van der Waals surface area contributed by atoms with Crippen molar-refractivity contribution in [2.24, 2.45) is 7.05 Å². The van der Waals surface area contributed by atoms with E-state index in [1.807, 2.05) is 36.2 Å². The summed E-state index contributed by atoms with van der Waals surface area (Å²) in [7, 11) is 1.93. The summed E-state index contributed by atoms with van der Waals surface area (Å²) in [5, 5.41) is 10.0. The molecule has 0 saturated heterocycles. The number of pyridine rings is 1. The molecule has 0 aliphatic carbocycles. The minimum Gasteiger partial charge on any atom is -0.328 e. The van der Waals surface area contributed by atoms with Crippen LogP contribution in [0.1, 0.15) is 12.6 Å². The van der Waals surface area contributed by atoms with E-state index in [2.05, 4.69) is 15.2 Å². The van der Waals surface area contributed by atoms with Crippen molar-refractivity contribution in [3.8, 4) is 0 Å². The summed E-state index contributed by atoms with van der Waals surface area (Å²) in [6.45, 7) is 4.63. The van der Waals surface area contributed by atoms with Gasteiger partial charge in [-0.15, -0.1) is 0 Å². The fourth-order valence-corrected chi connectivity index (χ4v) is 2.87. The number of rotatable bonds is 1. The molecule has 0 aliphatic rings. The zero-order valence-electron chi connectivity index (χ0n) is 12.0. The van der Waals surface area contributed by atoms with Gasteiger partial charge in [-0.05, 0) is 13.8 Å². The van der Waals surface area contributed by atoms with Gasteiger partial charge in [-0.3, -0.25) is 4.79 Å². The van der Waals surface area contributed by atoms with E-state index in [4.69, 9.17) is 0 Å². The highest BCUT2D eigenvalue weighted by molar-refractivity contribution is 6.02. The first-order valence-electron chi connectivity index (χ1n) is 6.81. The van der Waals surface area contributed by atoms with Gasteiger partial charge in [0.25, 0.3) is 5.56 Å². The van der Waals surface area contributed by atoms with Crippen LogP contribution in [-0.2, 0) is 13.6 Å². The van der Waals surface area contributed by atoms with E-state index in [1.165, 1.54) is 4.52 Å². The van der Waals surface area contributed by atoms with Gasteiger partial charge in [0.05, 0.1) is 28.2 Å². The first kappa shape index (κ1) is 12.1. The smallest absolute Gasteiger partial charge is 0.283 e. The molecule has 7 heteroatoms. The fourth-order valence-electron chi connectivity index (χ4n) is 2.87. The average molecular weight is 282 g/mol. The highest BCUT2D eigenvalue weighted by Crippen LogP contribution is 2.22.